The van der Waals surface area contributed by atoms with Crippen LogP contribution in [0.4, 0.5) is 0 Å². The second-order valence-corrected chi connectivity index (χ2v) is 4.40. The van der Waals surface area contributed by atoms with E-state index in [1.807, 2.05) is 25.1 Å². The van der Waals surface area contributed by atoms with Crippen LogP contribution in [0.3, 0.4) is 0 Å². The number of nitrogens with two attached hydrogens (primary N) is 1. The van der Waals surface area contributed by atoms with E-state index in [2.05, 4.69) is 4.90 Å². The van der Waals surface area contributed by atoms with Gasteiger partial charge in [-0.1, -0.05) is 30.7 Å². The summed E-state index contributed by atoms with van der Waals surface area (Å²) in [5.74, 6) is -0.301. The molecule has 16 heavy (non-hydrogen) atoms. The Morgan fingerprint density at radius 1 is 1.62 bits per heavy atom. The third kappa shape index (κ3) is 1.81. The van der Waals surface area contributed by atoms with Gasteiger partial charge >= 0.3 is 0 Å². The predicted octanol–water partition coefficient (Wildman–Crippen LogP) is 1.74. The van der Waals surface area contributed by atoms with Crippen molar-refractivity contribution in [1.29, 1.82) is 0 Å². The lowest BCUT2D eigenvalue weighted by Gasteiger charge is -2.34. The molecule has 0 bridgehead atoms. The number of fused-ring (bicyclic) bond motifs is 1. The van der Waals surface area contributed by atoms with E-state index in [-0.39, 0.29) is 11.9 Å². The molecule has 0 saturated heterocycles. The highest BCUT2D eigenvalue weighted by Crippen LogP contribution is 2.33. The summed E-state index contributed by atoms with van der Waals surface area (Å²) in [6.07, 6.45) is 0.882. The van der Waals surface area contributed by atoms with Crippen molar-refractivity contribution >= 4 is 17.5 Å². The Balaban J connectivity index is 2.49. The second-order valence-electron chi connectivity index (χ2n) is 3.99. The van der Waals surface area contributed by atoms with Crippen LogP contribution in [0.5, 0.6) is 0 Å². The summed E-state index contributed by atoms with van der Waals surface area (Å²) < 4.78 is 0. The summed E-state index contributed by atoms with van der Waals surface area (Å²) in [4.78, 5) is 13.6. The minimum absolute atomic E-state index is 0.301. The number of rotatable bonds is 2. The molecule has 1 aliphatic rings. The number of primary amides is 1. The van der Waals surface area contributed by atoms with Gasteiger partial charge in [0.2, 0.25) is 5.91 Å². The fraction of sp³-hybridized carbons (Fsp3) is 0.417. The molecular formula is C12H15ClN2O. The van der Waals surface area contributed by atoms with Crippen LogP contribution in [0.2, 0.25) is 5.02 Å². The Hall–Kier alpha value is -1.06. The van der Waals surface area contributed by atoms with Crippen LogP contribution in [0.15, 0.2) is 18.2 Å². The molecule has 1 unspecified atom stereocenters. The number of nitrogens with zero attached hydrogens (tertiary/aromatic N) is 1. The van der Waals surface area contributed by atoms with Crippen molar-refractivity contribution in [3.05, 3.63) is 34.3 Å². The predicted molar refractivity (Wildman–Crippen MR) is 64.3 cm³/mol. The highest BCUT2D eigenvalue weighted by atomic mass is 35.5. The van der Waals surface area contributed by atoms with Gasteiger partial charge in [-0.25, -0.2) is 0 Å². The van der Waals surface area contributed by atoms with E-state index < -0.39 is 0 Å². The lowest BCUT2D eigenvalue weighted by molar-refractivity contribution is -0.123. The molecule has 1 atom stereocenters. The van der Waals surface area contributed by atoms with E-state index in [9.17, 15) is 4.79 Å². The monoisotopic (exact) mass is 238 g/mol. The summed E-state index contributed by atoms with van der Waals surface area (Å²) in [6.45, 7) is 3.69. The van der Waals surface area contributed by atoms with Gasteiger partial charge in [-0.2, -0.15) is 0 Å². The first-order valence-electron chi connectivity index (χ1n) is 5.45. The Labute approximate surface area is 100 Å². The first-order valence-corrected chi connectivity index (χ1v) is 5.83. The van der Waals surface area contributed by atoms with Crippen molar-refractivity contribution in [3.63, 3.8) is 0 Å². The van der Waals surface area contributed by atoms with Crippen LogP contribution < -0.4 is 5.73 Å². The molecule has 1 heterocycles. The zero-order chi connectivity index (χ0) is 11.7. The number of carbonyl (C=O) groups excluding carboxylic acids is 1. The molecule has 0 aliphatic carbocycles. The summed E-state index contributed by atoms with van der Waals surface area (Å²) in [6, 6.07) is 5.35. The van der Waals surface area contributed by atoms with Crippen molar-refractivity contribution in [1.82, 2.24) is 4.90 Å². The smallest absolute Gasteiger partial charge is 0.239 e. The van der Waals surface area contributed by atoms with E-state index in [1.54, 1.807) is 0 Å². The fourth-order valence-corrected chi connectivity index (χ4v) is 2.63. The minimum Gasteiger partial charge on any atom is -0.368 e. The van der Waals surface area contributed by atoms with Gasteiger partial charge in [0, 0.05) is 11.6 Å². The normalized spacial score (nSPS) is 20.5. The molecule has 1 aromatic rings. The topological polar surface area (TPSA) is 46.3 Å². The standard InChI is InChI=1S/C12H15ClN2O/c1-2-15-7-6-8-9(11(15)12(14)16)4-3-5-10(8)13/h3-5,11H,2,6-7H2,1H3,(H2,14,16). The first-order chi connectivity index (χ1) is 7.65. The molecule has 0 aromatic heterocycles. The molecule has 1 amide bonds. The van der Waals surface area contributed by atoms with Crippen molar-refractivity contribution in [2.24, 2.45) is 5.73 Å². The van der Waals surface area contributed by atoms with Crippen molar-refractivity contribution in [2.75, 3.05) is 13.1 Å². The molecule has 1 aromatic carbocycles. The fourth-order valence-electron chi connectivity index (χ4n) is 2.35. The molecule has 0 spiro atoms. The molecule has 0 fully saturated rings. The van der Waals surface area contributed by atoms with Gasteiger partial charge in [0.15, 0.2) is 0 Å². The van der Waals surface area contributed by atoms with Crippen molar-refractivity contribution < 1.29 is 4.79 Å². The summed E-state index contributed by atoms with van der Waals surface area (Å²) in [5.41, 5.74) is 7.51. The van der Waals surface area contributed by atoms with Gasteiger partial charge in [0.1, 0.15) is 6.04 Å². The number of amides is 1. The van der Waals surface area contributed by atoms with Gasteiger partial charge in [-0.3, -0.25) is 9.69 Å². The summed E-state index contributed by atoms with van der Waals surface area (Å²) >= 11 is 6.13. The highest BCUT2D eigenvalue weighted by Gasteiger charge is 2.31. The first kappa shape index (κ1) is 11.4. The maximum Gasteiger partial charge on any atom is 0.239 e. The van der Waals surface area contributed by atoms with E-state index in [1.165, 1.54) is 0 Å². The van der Waals surface area contributed by atoms with Gasteiger partial charge < -0.3 is 5.73 Å². The zero-order valence-corrected chi connectivity index (χ0v) is 10.00. The van der Waals surface area contributed by atoms with Crippen molar-refractivity contribution in [2.45, 2.75) is 19.4 Å². The van der Waals surface area contributed by atoms with Gasteiger partial charge in [0.05, 0.1) is 0 Å². The van der Waals surface area contributed by atoms with Crippen LogP contribution in [0, 0.1) is 0 Å². The summed E-state index contributed by atoms with van der Waals surface area (Å²) in [5, 5.41) is 0.736. The number of halogens is 1. The maximum atomic E-state index is 11.5. The van der Waals surface area contributed by atoms with Crippen LogP contribution in [-0.2, 0) is 11.2 Å². The summed E-state index contributed by atoms with van der Waals surface area (Å²) in [7, 11) is 0. The number of hydrogen-bond donors (Lipinski definition) is 1. The molecule has 2 N–H and O–H groups in total. The molecule has 3 nitrogen and oxygen atoms in total. The lowest BCUT2D eigenvalue weighted by atomic mass is 9.92. The molecular weight excluding hydrogens is 224 g/mol. The van der Waals surface area contributed by atoms with Gasteiger partial charge in [0.25, 0.3) is 0 Å². The minimum atomic E-state index is -0.326. The van der Waals surface area contributed by atoms with Crippen LogP contribution >= 0.6 is 11.6 Å². The zero-order valence-electron chi connectivity index (χ0n) is 9.24. The molecule has 4 heteroatoms. The quantitative estimate of drug-likeness (QED) is 0.853. The Bertz CT molecular complexity index is 419. The largest absolute Gasteiger partial charge is 0.368 e. The number of likely N-dealkylation sites (N-methyl/N-ethyl adjacent to an activating group) is 1. The molecule has 0 saturated carbocycles. The third-order valence-electron chi connectivity index (χ3n) is 3.14. The van der Waals surface area contributed by atoms with Gasteiger partial charge in [-0.15, -0.1) is 0 Å². The average molecular weight is 239 g/mol. The Morgan fingerprint density at radius 3 is 3.00 bits per heavy atom. The van der Waals surface area contributed by atoms with Crippen LogP contribution in [0.1, 0.15) is 24.1 Å². The Morgan fingerprint density at radius 2 is 2.38 bits per heavy atom. The molecule has 2 rings (SSSR count). The molecule has 1 aliphatic heterocycles. The highest BCUT2D eigenvalue weighted by molar-refractivity contribution is 6.31. The number of benzene rings is 1. The molecule has 86 valence electrons. The van der Waals surface area contributed by atoms with Crippen molar-refractivity contribution in [3.8, 4) is 0 Å². The SMILES string of the molecule is CCN1CCc2c(Cl)cccc2C1C(N)=O. The Kier molecular flexibility index (Phi) is 3.17. The lowest BCUT2D eigenvalue weighted by Crippen LogP contribution is -2.42. The molecule has 0 radical (unpaired) electrons. The van der Waals surface area contributed by atoms with E-state index in [0.717, 1.165) is 35.7 Å². The van der Waals surface area contributed by atoms with E-state index in [4.69, 9.17) is 17.3 Å². The van der Waals surface area contributed by atoms with Crippen LogP contribution in [0.25, 0.3) is 0 Å². The maximum absolute atomic E-state index is 11.5. The average Bonchev–Trinajstić information content (AvgIpc) is 2.27. The number of carbonyl (C=O) groups is 1. The van der Waals surface area contributed by atoms with Gasteiger partial charge in [-0.05, 0) is 30.2 Å². The third-order valence-corrected chi connectivity index (χ3v) is 3.49. The number of hydrogen-bond acceptors (Lipinski definition) is 2. The van der Waals surface area contributed by atoms with Crippen LogP contribution in [-0.4, -0.2) is 23.9 Å². The van der Waals surface area contributed by atoms with E-state index in [0.29, 0.717) is 0 Å². The van der Waals surface area contributed by atoms with E-state index >= 15 is 0 Å². The second kappa shape index (κ2) is 4.44.